The summed E-state index contributed by atoms with van der Waals surface area (Å²) in [7, 11) is 6.66. The van der Waals surface area contributed by atoms with Crippen LogP contribution < -0.4 is 0 Å². The molecule has 11 heteroatoms. The molecule has 0 aromatic carbocycles. The fourth-order valence-corrected chi connectivity index (χ4v) is 18.1. The van der Waals surface area contributed by atoms with Crippen molar-refractivity contribution in [2.24, 2.45) is 47.3 Å². The van der Waals surface area contributed by atoms with Crippen molar-refractivity contribution in [2.75, 3.05) is 86.8 Å². The van der Waals surface area contributed by atoms with E-state index in [0.29, 0.717) is 87.6 Å². The van der Waals surface area contributed by atoms with Gasteiger partial charge >= 0.3 is 23.9 Å². The van der Waals surface area contributed by atoms with Crippen LogP contribution in [0.25, 0.3) is 0 Å². The lowest BCUT2D eigenvalue weighted by atomic mass is 9.75. The van der Waals surface area contributed by atoms with E-state index >= 15 is 0 Å². The molecule has 0 aromatic rings. The number of carbonyl (C=O) groups is 4. The number of rotatable bonds is 85. The van der Waals surface area contributed by atoms with Crippen LogP contribution in [0.15, 0.2) is 0 Å². The average Bonchev–Trinajstić information content (AvgIpc) is 0.888. The number of hydrogen-bond acceptors (Lipinski definition) is 11. The highest BCUT2D eigenvalue weighted by molar-refractivity contribution is 5.70. The van der Waals surface area contributed by atoms with Gasteiger partial charge in [0.1, 0.15) is 0 Å². The molecule has 1 heterocycles. The summed E-state index contributed by atoms with van der Waals surface area (Å²) in [5.41, 5.74) is 0. The second kappa shape index (κ2) is 79.2. The van der Waals surface area contributed by atoms with Crippen LogP contribution in [-0.2, 0) is 38.1 Å². The van der Waals surface area contributed by atoms with Gasteiger partial charge in [-0.1, -0.05) is 344 Å². The summed E-state index contributed by atoms with van der Waals surface area (Å²) in [4.78, 5) is 60.1. The molecule has 0 N–H and O–H groups in total. The molecule has 0 amide bonds. The minimum absolute atomic E-state index is 0.0150. The molecule has 11 nitrogen and oxygen atoms in total. The molecule has 1 rings (SSSR count). The van der Waals surface area contributed by atoms with Gasteiger partial charge in [-0.05, 0) is 191 Å². The Hall–Kier alpha value is -2.24. The lowest BCUT2D eigenvalue weighted by molar-refractivity contribution is -0.146. The second-order valence-corrected chi connectivity index (χ2v) is 36.3. The highest BCUT2D eigenvalue weighted by Gasteiger charge is 2.28. The van der Waals surface area contributed by atoms with E-state index < -0.39 is 0 Å². The molecule has 0 aliphatic carbocycles. The van der Waals surface area contributed by atoms with Gasteiger partial charge in [0.25, 0.3) is 0 Å². The van der Waals surface area contributed by atoms with E-state index in [1.165, 1.54) is 354 Å². The monoisotopic (exact) mass is 1550 g/mol. The summed E-state index contributed by atoms with van der Waals surface area (Å²) < 4.78 is 23.5. The molecule has 0 aromatic heterocycles. The number of esters is 4. The standard InChI is InChI=1S/C99H193N3O8/c1-12-20-42-63-90(64-43-21-13-2)84-96(103)107-79-52-38-30-26-34-48-59-88(69-56-73-100(9)10)60-49-35-27-31-40-54-81-109-98(105)86-92(67-46-24-16-5)71-72-94(19-8)95(58-18-7)83-93(68-47-25-17-6)87-99(106)110-82-55-41-33-29-37-51-62-89(70-57-74-102-77-75-101(11)76-78-102)61-50-36-28-32-39-53-80-108-97(104)85-91(65-44-22-14-3)66-45-23-15-4/h88-95H,12-87H2,1-11H3. The normalized spacial score (nSPS) is 14.7. The average molecular weight is 1550 g/mol. The summed E-state index contributed by atoms with van der Waals surface area (Å²) in [5.74, 6) is 4.74. The highest BCUT2D eigenvalue weighted by Crippen LogP contribution is 2.37. The third kappa shape index (κ3) is 66.9. The van der Waals surface area contributed by atoms with Crippen LogP contribution in [0.4, 0.5) is 0 Å². The van der Waals surface area contributed by atoms with Gasteiger partial charge in [0.15, 0.2) is 0 Å². The van der Waals surface area contributed by atoms with Crippen LogP contribution in [0, 0.1) is 47.3 Å². The van der Waals surface area contributed by atoms with Gasteiger partial charge in [0, 0.05) is 51.9 Å². The Morgan fingerprint density at radius 3 is 0.864 bits per heavy atom. The van der Waals surface area contributed by atoms with Crippen LogP contribution >= 0.6 is 0 Å². The first kappa shape index (κ1) is 106. The van der Waals surface area contributed by atoms with Gasteiger partial charge < -0.3 is 33.6 Å². The first-order valence-electron chi connectivity index (χ1n) is 49.4. The fourth-order valence-electron chi connectivity index (χ4n) is 18.1. The largest absolute Gasteiger partial charge is 0.466 e. The van der Waals surface area contributed by atoms with Crippen LogP contribution in [0.5, 0.6) is 0 Å². The van der Waals surface area contributed by atoms with E-state index in [-0.39, 0.29) is 23.9 Å². The van der Waals surface area contributed by atoms with Crippen LogP contribution in [-0.4, -0.2) is 125 Å². The first-order valence-corrected chi connectivity index (χ1v) is 49.4. The van der Waals surface area contributed by atoms with Crippen LogP contribution in [0.3, 0.4) is 0 Å². The third-order valence-corrected chi connectivity index (χ3v) is 25.5. The van der Waals surface area contributed by atoms with Gasteiger partial charge in [0.2, 0.25) is 0 Å². The zero-order valence-corrected chi connectivity index (χ0v) is 76.0. The molecule has 110 heavy (non-hydrogen) atoms. The predicted octanol–water partition coefficient (Wildman–Crippen LogP) is 28.8. The van der Waals surface area contributed by atoms with E-state index in [2.05, 4.69) is 91.2 Å². The van der Waals surface area contributed by atoms with Crippen LogP contribution in [0.2, 0.25) is 0 Å². The maximum Gasteiger partial charge on any atom is 0.306 e. The van der Waals surface area contributed by atoms with Crippen molar-refractivity contribution in [3.8, 4) is 0 Å². The highest BCUT2D eigenvalue weighted by atomic mass is 16.5. The molecule has 0 spiro atoms. The number of ether oxygens (including phenoxy) is 4. The van der Waals surface area contributed by atoms with Crippen molar-refractivity contribution >= 4 is 23.9 Å². The van der Waals surface area contributed by atoms with Gasteiger partial charge in [-0.3, -0.25) is 19.2 Å². The molecule has 1 saturated heterocycles. The van der Waals surface area contributed by atoms with Gasteiger partial charge in [-0.2, -0.15) is 0 Å². The number of nitrogens with zero attached hydrogens (tertiary/aromatic N) is 3. The first-order chi connectivity index (χ1) is 53.7. The zero-order valence-electron chi connectivity index (χ0n) is 76.0. The van der Waals surface area contributed by atoms with E-state index in [4.69, 9.17) is 18.9 Å². The fraction of sp³-hybridized carbons (Fsp3) is 0.960. The molecule has 0 saturated carbocycles. The van der Waals surface area contributed by atoms with E-state index in [9.17, 15) is 19.2 Å². The van der Waals surface area contributed by atoms with E-state index in [0.717, 1.165) is 95.3 Å². The summed E-state index contributed by atoms with van der Waals surface area (Å²) in [6.45, 7) is 27.9. The van der Waals surface area contributed by atoms with Crippen molar-refractivity contribution in [1.29, 1.82) is 0 Å². The van der Waals surface area contributed by atoms with Crippen molar-refractivity contribution in [3.05, 3.63) is 0 Å². The maximum atomic E-state index is 13.6. The third-order valence-electron chi connectivity index (χ3n) is 25.5. The molecule has 0 radical (unpaired) electrons. The van der Waals surface area contributed by atoms with Crippen LogP contribution in [0.1, 0.15) is 479 Å². The topological polar surface area (TPSA) is 115 Å². The Labute approximate surface area is 686 Å². The summed E-state index contributed by atoms with van der Waals surface area (Å²) in [6.07, 6.45) is 78.4. The predicted molar refractivity (Wildman–Crippen MR) is 474 cm³/mol. The summed E-state index contributed by atoms with van der Waals surface area (Å²) in [6, 6.07) is 0. The molecular weight excluding hydrogens is 1360 g/mol. The van der Waals surface area contributed by atoms with Crippen molar-refractivity contribution in [1.82, 2.24) is 14.7 Å². The lowest BCUT2D eigenvalue weighted by Gasteiger charge is -2.32. The Morgan fingerprint density at radius 2 is 0.545 bits per heavy atom. The van der Waals surface area contributed by atoms with Gasteiger partial charge in [-0.15, -0.1) is 0 Å². The number of unbranched alkanes of at least 4 members (excludes halogenated alkanes) is 32. The van der Waals surface area contributed by atoms with Gasteiger partial charge in [-0.25, -0.2) is 0 Å². The minimum Gasteiger partial charge on any atom is -0.466 e. The summed E-state index contributed by atoms with van der Waals surface area (Å²) in [5, 5.41) is 0. The Bertz CT molecular complexity index is 1960. The molecule has 6 unspecified atom stereocenters. The number of piperazine rings is 1. The molecule has 1 fully saturated rings. The molecule has 0 bridgehead atoms. The van der Waals surface area contributed by atoms with E-state index in [1.807, 2.05) is 0 Å². The van der Waals surface area contributed by atoms with Crippen molar-refractivity contribution in [2.45, 2.75) is 479 Å². The van der Waals surface area contributed by atoms with Crippen molar-refractivity contribution in [3.63, 3.8) is 0 Å². The lowest BCUT2D eigenvalue weighted by Crippen LogP contribution is -2.44. The Kier molecular flexibility index (Phi) is 76.2. The quantitative estimate of drug-likeness (QED) is 0.0329. The Balaban J connectivity index is 2.54. The Morgan fingerprint density at radius 1 is 0.273 bits per heavy atom. The number of likely N-dealkylation sites (N-methyl/N-ethyl adjacent to an activating group) is 1. The maximum absolute atomic E-state index is 13.6. The second-order valence-electron chi connectivity index (χ2n) is 36.3. The zero-order chi connectivity index (χ0) is 80.2. The van der Waals surface area contributed by atoms with Crippen molar-refractivity contribution < 1.29 is 38.1 Å². The summed E-state index contributed by atoms with van der Waals surface area (Å²) >= 11 is 0. The molecule has 1 aliphatic heterocycles. The molecule has 6 atom stereocenters. The molecule has 1 aliphatic rings. The number of carbonyl (C=O) groups excluding carboxylic acids is 4. The molecule has 652 valence electrons. The van der Waals surface area contributed by atoms with E-state index in [1.54, 1.807) is 0 Å². The smallest absolute Gasteiger partial charge is 0.306 e. The minimum atomic E-state index is 0.0150. The number of hydrogen-bond donors (Lipinski definition) is 0. The molecular formula is C99H193N3O8. The SMILES string of the molecule is CCCCCC(CCCCC)CC(=O)OCCCCCCCCC(CCCCCCCCOC(=O)CC(CCCCC)CCC(CC)C(CCC)CC(CCCCC)CC(=O)OCCCCCCCCC(CCCCCCCCOC(=O)CC(CCCCC)CCCCC)CCCN1CCN(C)CC1)CCCN(C)C. The van der Waals surface area contributed by atoms with Gasteiger partial charge in [0.05, 0.1) is 26.4 Å².